The van der Waals surface area contributed by atoms with Crippen LogP contribution >= 0.6 is 11.3 Å². The average Bonchev–Trinajstić information content (AvgIpc) is 3.15. The second kappa shape index (κ2) is 6.04. The molecule has 0 fully saturated rings. The Labute approximate surface area is 132 Å². The quantitative estimate of drug-likeness (QED) is 0.778. The summed E-state index contributed by atoms with van der Waals surface area (Å²) in [6.45, 7) is 2.04. The average molecular weight is 334 g/mol. The van der Waals surface area contributed by atoms with E-state index < -0.39 is 10.0 Å². The number of aromatic nitrogens is 1. The van der Waals surface area contributed by atoms with Gasteiger partial charge in [0.25, 0.3) is 0 Å². The molecule has 0 saturated heterocycles. The Kier molecular flexibility index (Phi) is 4.10. The van der Waals surface area contributed by atoms with Crippen LogP contribution in [0.3, 0.4) is 0 Å². The van der Waals surface area contributed by atoms with Crippen LogP contribution in [0.2, 0.25) is 0 Å². The van der Waals surface area contributed by atoms with Crippen LogP contribution in [-0.2, 0) is 16.6 Å². The molecule has 0 radical (unpaired) electrons. The van der Waals surface area contributed by atoms with Gasteiger partial charge in [-0.25, -0.2) is 13.1 Å². The van der Waals surface area contributed by atoms with E-state index in [1.165, 1.54) is 17.5 Å². The Bertz CT molecular complexity index is 854. The van der Waals surface area contributed by atoms with Crippen molar-refractivity contribution in [2.24, 2.45) is 0 Å². The first kappa shape index (κ1) is 15.0. The van der Waals surface area contributed by atoms with Crippen molar-refractivity contribution in [3.05, 3.63) is 59.1 Å². The number of sulfonamides is 1. The third-order valence-corrected chi connectivity index (χ3v) is 5.87. The van der Waals surface area contributed by atoms with Gasteiger partial charge >= 0.3 is 0 Å². The molecule has 0 aliphatic heterocycles. The third-order valence-electron chi connectivity index (χ3n) is 3.15. The van der Waals surface area contributed by atoms with Gasteiger partial charge in [-0.2, -0.15) is 0 Å². The number of nitrogens with one attached hydrogen (secondary N) is 1. The first-order valence-corrected chi connectivity index (χ1v) is 8.91. The van der Waals surface area contributed by atoms with E-state index in [1.807, 2.05) is 30.3 Å². The molecule has 2 aromatic heterocycles. The van der Waals surface area contributed by atoms with Crippen molar-refractivity contribution in [1.29, 1.82) is 0 Å². The predicted octanol–water partition coefficient (Wildman–Crippen LogP) is 3.19. The van der Waals surface area contributed by atoms with Gasteiger partial charge in [-0.15, -0.1) is 11.3 Å². The molecule has 3 aromatic rings. The summed E-state index contributed by atoms with van der Waals surface area (Å²) in [5, 5.41) is 3.64. The van der Waals surface area contributed by atoms with Gasteiger partial charge in [0.15, 0.2) is 5.76 Å². The lowest BCUT2D eigenvalue weighted by atomic mass is 10.2. The number of thiophene rings is 1. The minimum atomic E-state index is -3.56. The molecule has 2 heterocycles. The zero-order valence-corrected chi connectivity index (χ0v) is 13.4. The van der Waals surface area contributed by atoms with Crippen molar-refractivity contribution < 1.29 is 12.9 Å². The van der Waals surface area contributed by atoms with E-state index in [1.54, 1.807) is 19.1 Å². The summed E-state index contributed by atoms with van der Waals surface area (Å²) < 4.78 is 32.6. The van der Waals surface area contributed by atoms with E-state index in [0.717, 1.165) is 10.4 Å². The topological polar surface area (TPSA) is 72.2 Å². The molecule has 0 bridgehead atoms. The molecule has 1 N–H and O–H groups in total. The summed E-state index contributed by atoms with van der Waals surface area (Å²) in [6.07, 6.45) is 1.53. The van der Waals surface area contributed by atoms with Crippen LogP contribution in [0.5, 0.6) is 0 Å². The summed E-state index contributed by atoms with van der Waals surface area (Å²) in [4.78, 5) is 1.74. The van der Waals surface area contributed by atoms with Crippen molar-refractivity contribution in [2.45, 2.75) is 18.4 Å². The smallest absolute Gasteiger partial charge is 0.241 e. The molecule has 0 amide bonds. The number of rotatable bonds is 5. The number of hydrogen-bond acceptors (Lipinski definition) is 5. The van der Waals surface area contributed by atoms with Crippen molar-refractivity contribution in [3.63, 3.8) is 0 Å². The first-order chi connectivity index (χ1) is 10.6. The minimum Gasteiger partial charge on any atom is -0.355 e. The lowest BCUT2D eigenvalue weighted by Gasteiger charge is -2.06. The highest BCUT2D eigenvalue weighted by molar-refractivity contribution is 7.89. The second-order valence-electron chi connectivity index (χ2n) is 4.72. The molecule has 0 atom stereocenters. The summed E-state index contributed by atoms with van der Waals surface area (Å²) in [5.74, 6) is 0.567. The highest BCUT2D eigenvalue weighted by Gasteiger charge is 2.21. The molecule has 0 unspecified atom stereocenters. The maximum atomic E-state index is 12.5. The van der Waals surface area contributed by atoms with Crippen LogP contribution in [0.15, 0.2) is 58.1 Å². The van der Waals surface area contributed by atoms with Crippen molar-refractivity contribution in [2.75, 3.05) is 0 Å². The van der Waals surface area contributed by atoms with Gasteiger partial charge in [0.05, 0.1) is 16.0 Å². The molecule has 3 rings (SSSR count). The minimum absolute atomic E-state index is 0.260. The van der Waals surface area contributed by atoms with Gasteiger partial charge in [-0.05, 0) is 18.6 Å². The molecular weight excluding hydrogens is 320 g/mol. The first-order valence-electron chi connectivity index (χ1n) is 6.61. The molecule has 7 heteroatoms. The fourth-order valence-corrected chi connectivity index (χ4v) is 4.61. The number of hydrogen-bond donors (Lipinski definition) is 1. The number of aryl methyl sites for hydroxylation is 1. The van der Waals surface area contributed by atoms with E-state index >= 15 is 0 Å². The Balaban J connectivity index is 1.83. The highest BCUT2D eigenvalue weighted by Crippen LogP contribution is 2.33. The van der Waals surface area contributed by atoms with Gasteiger partial charge in [0.2, 0.25) is 10.0 Å². The zero-order valence-electron chi connectivity index (χ0n) is 11.8. The molecule has 0 spiro atoms. The molecule has 114 valence electrons. The Morgan fingerprint density at radius 1 is 1.23 bits per heavy atom. The standard InChI is InChI=1S/C15H14N2O3S2/c1-11-15(9-14(21-11)13-7-8-16-20-13)22(18,19)17-10-12-5-3-2-4-6-12/h2-9,17H,10H2,1H3. The second-order valence-corrected chi connectivity index (χ2v) is 7.71. The Hall–Kier alpha value is -1.96. The maximum Gasteiger partial charge on any atom is 0.241 e. The number of benzene rings is 1. The normalized spacial score (nSPS) is 11.7. The number of nitrogens with zero attached hydrogens (tertiary/aromatic N) is 1. The molecule has 0 aliphatic rings. The van der Waals surface area contributed by atoms with Gasteiger partial charge in [0.1, 0.15) is 0 Å². The molecular formula is C15H14N2O3S2. The molecule has 0 saturated carbocycles. The molecule has 5 nitrogen and oxygen atoms in total. The van der Waals surface area contributed by atoms with Crippen LogP contribution in [0.4, 0.5) is 0 Å². The fraction of sp³-hybridized carbons (Fsp3) is 0.133. The lowest BCUT2D eigenvalue weighted by molar-refractivity contribution is 0.433. The lowest BCUT2D eigenvalue weighted by Crippen LogP contribution is -2.23. The summed E-state index contributed by atoms with van der Waals surface area (Å²) in [7, 11) is -3.56. The zero-order chi connectivity index (χ0) is 15.6. The molecule has 1 aromatic carbocycles. The van der Waals surface area contributed by atoms with Crippen LogP contribution in [0.1, 0.15) is 10.4 Å². The summed E-state index contributed by atoms with van der Waals surface area (Å²) in [6, 6.07) is 12.7. The van der Waals surface area contributed by atoms with Crippen LogP contribution in [0.25, 0.3) is 10.6 Å². The van der Waals surface area contributed by atoms with Crippen molar-refractivity contribution in [1.82, 2.24) is 9.88 Å². The largest absolute Gasteiger partial charge is 0.355 e. The van der Waals surface area contributed by atoms with Gasteiger partial charge in [-0.1, -0.05) is 35.5 Å². The van der Waals surface area contributed by atoms with Gasteiger partial charge in [-0.3, -0.25) is 0 Å². The van der Waals surface area contributed by atoms with Crippen LogP contribution in [-0.4, -0.2) is 13.6 Å². The van der Waals surface area contributed by atoms with E-state index in [-0.39, 0.29) is 11.4 Å². The molecule has 0 aliphatic carbocycles. The van der Waals surface area contributed by atoms with Gasteiger partial charge in [0, 0.05) is 17.5 Å². The molecule has 22 heavy (non-hydrogen) atoms. The third kappa shape index (κ3) is 3.11. The predicted molar refractivity (Wildman–Crippen MR) is 85.0 cm³/mol. The summed E-state index contributed by atoms with van der Waals surface area (Å²) >= 11 is 1.37. The van der Waals surface area contributed by atoms with E-state index in [4.69, 9.17) is 4.52 Å². The van der Waals surface area contributed by atoms with E-state index in [2.05, 4.69) is 9.88 Å². The van der Waals surface area contributed by atoms with Crippen LogP contribution < -0.4 is 4.72 Å². The SMILES string of the molecule is Cc1sc(-c2ccno2)cc1S(=O)(=O)NCc1ccccc1. The highest BCUT2D eigenvalue weighted by atomic mass is 32.2. The van der Waals surface area contributed by atoms with Crippen molar-refractivity contribution in [3.8, 4) is 10.6 Å². The maximum absolute atomic E-state index is 12.5. The Morgan fingerprint density at radius 2 is 2.00 bits per heavy atom. The van der Waals surface area contributed by atoms with Gasteiger partial charge < -0.3 is 4.52 Å². The van der Waals surface area contributed by atoms with E-state index in [9.17, 15) is 8.42 Å². The fourth-order valence-electron chi connectivity index (χ4n) is 2.05. The van der Waals surface area contributed by atoms with E-state index in [0.29, 0.717) is 10.6 Å². The van der Waals surface area contributed by atoms with Crippen molar-refractivity contribution >= 4 is 21.4 Å². The monoisotopic (exact) mass is 334 g/mol. The summed E-state index contributed by atoms with van der Waals surface area (Å²) in [5.41, 5.74) is 0.911. The van der Waals surface area contributed by atoms with Crippen LogP contribution in [0, 0.1) is 6.92 Å². The Morgan fingerprint density at radius 3 is 2.68 bits per heavy atom.